The molecule has 18 heavy (non-hydrogen) atoms. The number of halogens is 1. The van der Waals surface area contributed by atoms with Gasteiger partial charge in [0, 0.05) is 4.88 Å². The summed E-state index contributed by atoms with van der Waals surface area (Å²) in [7, 11) is 0. The molecule has 0 radical (unpaired) electrons. The van der Waals surface area contributed by atoms with Gasteiger partial charge in [-0.05, 0) is 17.9 Å². The molecule has 2 rings (SSSR count). The molecule has 1 N–H and O–H groups in total. The van der Waals surface area contributed by atoms with Gasteiger partial charge in [-0.15, -0.1) is 11.3 Å². The second-order valence-corrected chi connectivity index (χ2v) is 5.35. The molecule has 4 nitrogen and oxygen atoms in total. The molecular formula is C12H13ClN2O2S. The van der Waals surface area contributed by atoms with Crippen LogP contribution in [0.1, 0.15) is 23.8 Å². The molecule has 0 spiro atoms. The third-order valence-corrected chi connectivity index (χ3v) is 3.81. The van der Waals surface area contributed by atoms with Gasteiger partial charge < -0.3 is 0 Å². The van der Waals surface area contributed by atoms with E-state index in [9.17, 15) is 9.59 Å². The monoisotopic (exact) mass is 284 g/mol. The first-order chi connectivity index (χ1) is 8.63. The number of nitrogens with one attached hydrogen (secondary N) is 1. The lowest BCUT2D eigenvalue weighted by molar-refractivity contribution is 0.687. The van der Waals surface area contributed by atoms with E-state index in [1.807, 2.05) is 24.4 Å². The van der Waals surface area contributed by atoms with Gasteiger partial charge in [0.25, 0.3) is 5.56 Å². The summed E-state index contributed by atoms with van der Waals surface area (Å²) in [5.41, 5.74) is -0.271. The van der Waals surface area contributed by atoms with Crippen molar-refractivity contribution in [2.75, 3.05) is 0 Å². The largest absolute Gasteiger partial charge is 0.329 e. The van der Waals surface area contributed by atoms with Gasteiger partial charge >= 0.3 is 5.69 Å². The SMILES string of the molecule is CCCc1c(Cl)[nH]c(=O)n(Cc2cccs2)c1=O. The molecule has 2 aromatic heterocycles. The van der Waals surface area contributed by atoms with Crippen molar-refractivity contribution in [3.63, 3.8) is 0 Å². The van der Waals surface area contributed by atoms with Crippen LogP contribution in [0.25, 0.3) is 0 Å². The van der Waals surface area contributed by atoms with E-state index in [0.717, 1.165) is 11.3 Å². The molecule has 0 aliphatic carbocycles. The number of H-pyrrole nitrogens is 1. The highest BCUT2D eigenvalue weighted by molar-refractivity contribution is 7.09. The van der Waals surface area contributed by atoms with Crippen molar-refractivity contribution in [2.24, 2.45) is 0 Å². The fourth-order valence-electron chi connectivity index (χ4n) is 1.75. The minimum absolute atomic E-state index is 0.161. The first kappa shape index (κ1) is 13.1. The molecule has 0 aliphatic rings. The fraction of sp³-hybridized carbons (Fsp3) is 0.333. The minimum atomic E-state index is -0.460. The number of rotatable bonds is 4. The molecule has 0 amide bonds. The van der Waals surface area contributed by atoms with Crippen LogP contribution in [0, 0.1) is 0 Å². The van der Waals surface area contributed by atoms with Crippen molar-refractivity contribution in [2.45, 2.75) is 26.3 Å². The quantitative estimate of drug-likeness (QED) is 0.876. The van der Waals surface area contributed by atoms with E-state index in [-0.39, 0.29) is 10.7 Å². The molecule has 0 fully saturated rings. The summed E-state index contributed by atoms with van der Waals surface area (Å²) in [4.78, 5) is 27.4. The van der Waals surface area contributed by atoms with Gasteiger partial charge in [-0.1, -0.05) is 31.0 Å². The van der Waals surface area contributed by atoms with Crippen LogP contribution in [0.3, 0.4) is 0 Å². The summed E-state index contributed by atoms with van der Waals surface area (Å²) in [6, 6.07) is 3.78. The average Bonchev–Trinajstić information content (AvgIpc) is 2.83. The lowest BCUT2D eigenvalue weighted by atomic mass is 10.2. The second-order valence-electron chi connectivity index (χ2n) is 3.94. The van der Waals surface area contributed by atoms with Crippen LogP contribution in [0.4, 0.5) is 0 Å². The Morgan fingerprint density at radius 1 is 1.44 bits per heavy atom. The number of nitrogens with zero attached hydrogens (tertiary/aromatic N) is 1. The fourth-order valence-corrected chi connectivity index (χ4v) is 2.70. The molecule has 2 aromatic rings. The summed E-state index contributed by atoms with van der Waals surface area (Å²) in [6.45, 7) is 2.25. The summed E-state index contributed by atoms with van der Waals surface area (Å²) >= 11 is 7.41. The molecule has 0 saturated heterocycles. The first-order valence-corrected chi connectivity index (χ1v) is 6.93. The Bertz CT molecular complexity index is 643. The van der Waals surface area contributed by atoms with E-state index >= 15 is 0 Å². The Hall–Kier alpha value is -1.33. The third-order valence-electron chi connectivity index (χ3n) is 2.62. The Morgan fingerprint density at radius 2 is 2.22 bits per heavy atom. The molecule has 0 aromatic carbocycles. The van der Waals surface area contributed by atoms with Crippen LogP contribution >= 0.6 is 22.9 Å². The maximum atomic E-state index is 12.2. The van der Waals surface area contributed by atoms with E-state index < -0.39 is 5.69 Å². The molecule has 0 atom stereocenters. The van der Waals surface area contributed by atoms with Gasteiger partial charge in [0.15, 0.2) is 0 Å². The molecule has 0 bridgehead atoms. The zero-order valence-electron chi connectivity index (χ0n) is 9.90. The Labute approximate surface area is 113 Å². The third kappa shape index (κ3) is 2.57. The maximum Gasteiger partial charge on any atom is 0.329 e. The van der Waals surface area contributed by atoms with Crippen LogP contribution in [0.15, 0.2) is 27.1 Å². The Morgan fingerprint density at radius 3 is 2.83 bits per heavy atom. The van der Waals surface area contributed by atoms with E-state index in [1.165, 1.54) is 15.9 Å². The normalized spacial score (nSPS) is 10.8. The topological polar surface area (TPSA) is 54.9 Å². The van der Waals surface area contributed by atoms with Crippen molar-refractivity contribution in [1.82, 2.24) is 9.55 Å². The standard InChI is InChI=1S/C12H13ClN2O2S/c1-2-4-9-10(13)14-12(17)15(11(9)16)7-8-5-3-6-18-8/h3,5-6H,2,4,7H2,1H3,(H,14,17). The Kier molecular flexibility index (Phi) is 4.04. The van der Waals surface area contributed by atoms with Crippen LogP contribution in [-0.4, -0.2) is 9.55 Å². The molecule has 2 heterocycles. The van der Waals surface area contributed by atoms with Gasteiger partial charge in [-0.25, -0.2) is 4.79 Å². The predicted molar refractivity (Wildman–Crippen MR) is 73.7 cm³/mol. The van der Waals surface area contributed by atoms with Gasteiger partial charge in [0.2, 0.25) is 0 Å². The van der Waals surface area contributed by atoms with Crippen molar-refractivity contribution < 1.29 is 0 Å². The molecule has 0 unspecified atom stereocenters. The molecular weight excluding hydrogens is 272 g/mol. The van der Waals surface area contributed by atoms with E-state index in [0.29, 0.717) is 18.5 Å². The summed E-state index contributed by atoms with van der Waals surface area (Å²) in [6.07, 6.45) is 1.37. The lowest BCUT2D eigenvalue weighted by Crippen LogP contribution is -2.37. The molecule has 0 saturated carbocycles. The van der Waals surface area contributed by atoms with Crippen LogP contribution < -0.4 is 11.2 Å². The molecule has 6 heteroatoms. The summed E-state index contributed by atoms with van der Waals surface area (Å²) in [5, 5.41) is 2.08. The molecule has 0 aliphatic heterocycles. The lowest BCUT2D eigenvalue weighted by Gasteiger charge is -2.07. The summed E-state index contributed by atoms with van der Waals surface area (Å²) in [5.74, 6) is 0. The second kappa shape index (κ2) is 5.54. The number of hydrogen-bond donors (Lipinski definition) is 1. The smallest absolute Gasteiger partial charge is 0.297 e. The van der Waals surface area contributed by atoms with Gasteiger partial charge in [0.1, 0.15) is 5.15 Å². The number of hydrogen-bond acceptors (Lipinski definition) is 3. The highest BCUT2D eigenvalue weighted by Gasteiger charge is 2.12. The minimum Gasteiger partial charge on any atom is -0.297 e. The molecule has 96 valence electrons. The van der Waals surface area contributed by atoms with Crippen molar-refractivity contribution in [3.05, 3.63) is 53.9 Å². The van der Waals surface area contributed by atoms with Crippen LogP contribution in [0.2, 0.25) is 5.15 Å². The van der Waals surface area contributed by atoms with Gasteiger partial charge in [0.05, 0.1) is 12.1 Å². The van der Waals surface area contributed by atoms with Crippen molar-refractivity contribution in [3.8, 4) is 0 Å². The van der Waals surface area contributed by atoms with Crippen molar-refractivity contribution in [1.29, 1.82) is 0 Å². The predicted octanol–water partition coefficient (Wildman–Crippen LogP) is 2.25. The average molecular weight is 285 g/mol. The van der Waals surface area contributed by atoms with E-state index in [2.05, 4.69) is 4.98 Å². The summed E-state index contributed by atoms with van der Waals surface area (Å²) < 4.78 is 1.20. The Balaban J connectivity index is 2.50. The van der Waals surface area contributed by atoms with Gasteiger partial charge in [-0.3, -0.25) is 14.3 Å². The van der Waals surface area contributed by atoms with Crippen LogP contribution in [0.5, 0.6) is 0 Å². The van der Waals surface area contributed by atoms with Gasteiger partial charge in [-0.2, -0.15) is 0 Å². The number of aromatic amines is 1. The van der Waals surface area contributed by atoms with Crippen molar-refractivity contribution >= 4 is 22.9 Å². The highest BCUT2D eigenvalue weighted by atomic mass is 35.5. The zero-order chi connectivity index (χ0) is 13.1. The zero-order valence-corrected chi connectivity index (χ0v) is 11.5. The highest BCUT2D eigenvalue weighted by Crippen LogP contribution is 2.11. The first-order valence-electron chi connectivity index (χ1n) is 5.67. The number of thiophene rings is 1. The van der Waals surface area contributed by atoms with E-state index in [4.69, 9.17) is 11.6 Å². The van der Waals surface area contributed by atoms with Crippen LogP contribution in [-0.2, 0) is 13.0 Å². The number of aromatic nitrogens is 2. The van der Waals surface area contributed by atoms with E-state index in [1.54, 1.807) is 0 Å². The maximum absolute atomic E-state index is 12.2.